The molecule has 21 heavy (non-hydrogen) atoms. The van der Waals surface area contributed by atoms with Crippen LogP contribution >= 0.6 is 11.3 Å². The minimum atomic E-state index is -0.0824. The van der Waals surface area contributed by atoms with E-state index in [-0.39, 0.29) is 11.9 Å². The zero-order chi connectivity index (χ0) is 14.8. The molecule has 0 bridgehead atoms. The van der Waals surface area contributed by atoms with Crippen molar-refractivity contribution in [3.63, 3.8) is 0 Å². The third-order valence-electron chi connectivity index (χ3n) is 3.72. The first-order valence-corrected chi connectivity index (χ1v) is 7.88. The van der Waals surface area contributed by atoms with Crippen molar-refractivity contribution in [2.75, 3.05) is 5.43 Å². The second kappa shape index (κ2) is 5.83. The zero-order valence-corrected chi connectivity index (χ0v) is 12.7. The maximum atomic E-state index is 12.5. The molecule has 1 aliphatic carbocycles. The highest BCUT2D eigenvalue weighted by molar-refractivity contribution is 7.10. The van der Waals surface area contributed by atoms with Crippen molar-refractivity contribution in [2.45, 2.75) is 32.2 Å². The van der Waals surface area contributed by atoms with Crippen LogP contribution in [0.25, 0.3) is 0 Å². The second-order valence-corrected chi connectivity index (χ2v) is 6.24. The lowest BCUT2D eigenvalue weighted by Gasteiger charge is -2.23. The number of amides is 1. The van der Waals surface area contributed by atoms with E-state index in [2.05, 4.69) is 27.2 Å². The van der Waals surface area contributed by atoms with E-state index in [4.69, 9.17) is 5.84 Å². The van der Waals surface area contributed by atoms with Gasteiger partial charge in [0.1, 0.15) is 5.82 Å². The van der Waals surface area contributed by atoms with Gasteiger partial charge in [-0.25, -0.2) is 10.8 Å². The van der Waals surface area contributed by atoms with Crippen LogP contribution in [-0.2, 0) is 6.42 Å². The summed E-state index contributed by atoms with van der Waals surface area (Å²) in [6.45, 7) is 1.84. The van der Waals surface area contributed by atoms with Gasteiger partial charge in [-0.3, -0.25) is 4.79 Å². The van der Waals surface area contributed by atoms with Crippen LogP contribution in [0.15, 0.2) is 23.6 Å². The van der Waals surface area contributed by atoms with E-state index in [0.29, 0.717) is 11.4 Å². The molecule has 1 amide bonds. The average Bonchev–Trinajstić information content (AvgIpc) is 2.96. The van der Waals surface area contributed by atoms with E-state index in [1.165, 1.54) is 10.4 Å². The normalized spacial score (nSPS) is 17.1. The number of aryl methyl sites for hydroxylation is 2. The molecule has 2 aromatic heterocycles. The van der Waals surface area contributed by atoms with Crippen LogP contribution in [0.4, 0.5) is 5.82 Å². The fraction of sp³-hybridized carbons (Fsp3) is 0.333. The van der Waals surface area contributed by atoms with E-state index >= 15 is 0 Å². The molecule has 4 N–H and O–H groups in total. The zero-order valence-electron chi connectivity index (χ0n) is 11.8. The van der Waals surface area contributed by atoms with Crippen LogP contribution in [0, 0.1) is 6.92 Å². The SMILES string of the molecule is Cc1cc(C(=O)NC2CCCc3sccc32)cc(NN)n1. The summed E-state index contributed by atoms with van der Waals surface area (Å²) in [4.78, 5) is 18.0. The molecule has 0 aliphatic heterocycles. The first-order chi connectivity index (χ1) is 10.2. The largest absolute Gasteiger partial charge is 0.345 e. The Hall–Kier alpha value is -1.92. The highest BCUT2D eigenvalue weighted by Gasteiger charge is 2.23. The minimum Gasteiger partial charge on any atom is -0.345 e. The Kier molecular flexibility index (Phi) is 3.90. The summed E-state index contributed by atoms with van der Waals surface area (Å²) in [6, 6.07) is 5.66. The monoisotopic (exact) mass is 302 g/mol. The van der Waals surface area contributed by atoms with Crippen LogP contribution in [0.1, 0.15) is 45.4 Å². The molecule has 0 radical (unpaired) electrons. The second-order valence-electron chi connectivity index (χ2n) is 5.24. The fourth-order valence-corrected chi connectivity index (χ4v) is 3.74. The van der Waals surface area contributed by atoms with Crippen LogP contribution in [-0.4, -0.2) is 10.9 Å². The highest BCUT2D eigenvalue weighted by Crippen LogP contribution is 2.33. The number of nitrogens with zero attached hydrogens (tertiary/aromatic N) is 1. The number of pyridine rings is 1. The Labute approximate surface area is 127 Å². The smallest absolute Gasteiger partial charge is 0.251 e. The summed E-state index contributed by atoms with van der Waals surface area (Å²) >= 11 is 1.77. The maximum absolute atomic E-state index is 12.5. The number of carbonyl (C=O) groups excluding carboxylic acids is 1. The van der Waals surface area contributed by atoms with Gasteiger partial charge in [0.2, 0.25) is 0 Å². The van der Waals surface area contributed by atoms with Crippen molar-refractivity contribution in [2.24, 2.45) is 5.84 Å². The summed E-state index contributed by atoms with van der Waals surface area (Å²) in [5.74, 6) is 5.80. The Balaban J connectivity index is 1.80. The molecule has 0 fully saturated rings. The standard InChI is InChI=1S/C15H18N4OS/c1-9-7-10(8-14(17-9)19-16)15(20)18-12-3-2-4-13-11(12)5-6-21-13/h5-8,12H,2-4,16H2,1H3,(H,17,19)(H,18,20). The number of thiophene rings is 1. The van der Waals surface area contributed by atoms with Crippen LogP contribution in [0.5, 0.6) is 0 Å². The number of nitrogens with two attached hydrogens (primary N) is 1. The van der Waals surface area contributed by atoms with Crippen LogP contribution in [0.3, 0.4) is 0 Å². The summed E-state index contributed by atoms with van der Waals surface area (Å²) in [5, 5.41) is 5.23. The number of anilines is 1. The number of aromatic nitrogens is 1. The number of hydrogen-bond acceptors (Lipinski definition) is 5. The van der Waals surface area contributed by atoms with Gasteiger partial charge >= 0.3 is 0 Å². The first-order valence-electron chi connectivity index (χ1n) is 7.00. The molecule has 2 aromatic rings. The van der Waals surface area contributed by atoms with Crippen LogP contribution < -0.4 is 16.6 Å². The molecular weight excluding hydrogens is 284 g/mol. The third-order valence-corrected chi connectivity index (χ3v) is 4.72. The summed E-state index contributed by atoms with van der Waals surface area (Å²) in [6.07, 6.45) is 3.22. The number of nitrogen functional groups attached to an aromatic ring is 1. The number of hydrazine groups is 1. The molecule has 110 valence electrons. The van der Waals surface area contributed by atoms with Crippen molar-refractivity contribution in [1.82, 2.24) is 10.3 Å². The van der Waals surface area contributed by atoms with E-state index < -0.39 is 0 Å². The molecule has 0 saturated carbocycles. The van der Waals surface area contributed by atoms with Gasteiger partial charge in [-0.05, 0) is 55.3 Å². The van der Waals surface area contributed by atoms with Gasteiger partial charge in [-0.1, -0.05) is 0 Å². The van der Waals surface area contributed by atoms with Gasteiger partial charge in [0.05, 0.1) is 6.04 Å². The Morgan fingerprint density at radius 2 is 2.33 bits per heavy atom. The fourth-order valence-electron chi connectivity index (χ4n) is 2.75. The molecule has 0 aromatic carbocycles. The lowest BCUT2D eigenvalue weighted by molar-refractivity contribution is 0.0933. The van der Waals surface area contributed by atoms with Crippen molar-refractivity contribution in [3.8, 4) is 0 Å². The average molecular weight is 302 g/mol. The van der Waals surface area contributed by atoms with E-state index in [1.807, 2.05) is 6.92 Å². The predicted octanol–water partition coefficient (Wildman–Crippen LogP) is 2.54. The first kappa shape index (κ1) is 14.0. The number of nitrogens with one attached hydrogen (secondary N) is 2. The minimum absolute atomic E-state index is 0.0824. The molecule has 3 rings (SSSR count). The van der Waals surface area contributed by atoms with Crippen molar-refractivity contribution >= 4 is 23.1 Å². The summed E-state index contributed by atoms with van der Waals surface area (Å²) in [7, 11) is 0. The Bertz CT molecular complexity index is 667. The Morgan fingerprint density at radius 1 is 1.48 bits per heavy atom. The highest BCUT2D eigenvalue weighted by atomic mass is 32.1. The molecule has 1 unspecified atom stereocenters. The maximum Gasteiger partial charge on any atom is 0.251 e. The number of rotatable bonds is 3. The van der Waals surface area contributed by atoms with Gasteiger partial charge < -0.3 is 10.7 Å². The third kappa shape index (κ3) is 2.91. The van der Waals surface area contributed by atoms with Crippen molar-refractivity contribution < 1.29 is 4.79 Å². The lowest BCUT2D eigenvalue weighted by atomic mass is 9.94. The quantitative estimate of drug-likeness (QED) is 0.601. The molecule has 1 atom stereocenters. The molecular formula is C15H18N4OS. The van der Waals surface area contributed by atoms with E-state index in [0.717, 1.165) is 25.0 Å². The summed E-state index contributed by atoms with van der Waals surface area (Å²) < 4.78 is 0. The van der Waals surface area contributed by atoms with Crippen molar-refractivity contribution in [3.05, 3.63) is 45.3 Å². The van der Waals surface area contributed by atoms with Gasteiger partial charge in [0.25, 0.3) is 5.91 Å². The van der Waals surface area contributed by atoms with E-state index in [9.17, 15) is 4.79 Å². The van der Waals surface area contributed by atoms with Crippen LogP contribution in [0.2, 0.25) is 0 Å². The molecule has 2 heterocycles. The molecule has 0 saturated heterocycles. The predicted molar refractivity (Wildman–Crippen MR) is 84.2 cm³/mol. The van der Waals surface area contributed by atoms with Gasteiger partial charge in [-0.2, -0.15) is 0 Å². The molecule has 0 spiro atoms. The van der Waals surface area contributed by atoms with Crippen molar-refractivity contribution in [1.29, 1.82) is 0 Å². The Morgan fingerprint density at radius 3 is 3.14 bits per heavy atom. The number of carbonyl (C=O) groups is 1. The van der Waals surface area contributed by atoms with Gasteiger partial charge in [0, 0.05) is 16.1 Å². The van der Waals surface area contributed by atoms with Gasteiger partial charge in [0.15, 0.2) is 0 Å². The lowest BCUT2D eigenvalue weighted by Crippen LogP contribution is -2.30. The molecule has 6 heteroatoms. The van der Waals surface area contributed by atoms with Gasteiger partial charge in [-0.15, -0.1) is 11.3 Å². The number of fused-ring (bicyclic) bond motifs is 1. The molecule has 1 aliphatic rings. The molecule has 5 nitrogen and oxygen atoms in total. The topological polar surface area (TPSA) is 80.0 Å². The number of hydrogen-bond donors (Lipinski definition) is 3. The van der Waals surface area contributed by atoms with E-state index in [1.54, 1.807) is 23.5 Å². The summed E-state index contributed by atoms with van der Waals surface area (Å²) in [5.41, 5.74) is 5.10.